The lowest BCUT2D eigenvalue weighted by atomic mass is 9.78. The molecule has 4 heteroatoms. The summed E-state index contributed by atoms with van der Waals surface area (Å²) in [5.74, 6) is 5.47. The number of hydrogen-bond donors (Lipinski definition) is 2. The monoisotopic (exact) mass is 243 g/mol. The van der Waals surface area contributed by atoms with Gasteiger partial charge in [-0.05, 0) is 38.3 Å². The molecule has 1 aromatic rings. The number of rotatable bonds is 2. The quantitative estimate of drug-likeness (QED) is 0.763. The predicted molar refractivity (Wildman–Crippen MR) is 69.9 cm³/mol. The van der Waals surface area contributed by atoms with Gasteiger partial charge in [-0.3, -0.25) is 4.79 Å². The smallest absolute Gasteiger partial charge is 0.271 e. The van der Waals surface area contributed by atoms with Crippen LogP contribution in [0.15, 0.2) is 18.3 Å². The minimum absolute atomic E-state index is 0.0762. The Bertz CT molecular complexity index is 509. The Morgan fingerprint density at radius 3 is 3.00 bits per heavy atom. The van der Waals surface area contributed by atoms with Crippen LogP contribution in [0, 0.1) is 11.8 Å². The van der Waals surface area contributed by atoms with Crippen molar-refractivity contribution in [3.8, 4) is 11.8 Å². The topological polar surface area (TPSA) is 68.0 Å². The maximum atomic E-state index is 12.2. The van der Waals surface area contributed by atoms with E-state index in [-0.39, 0.29) is 18.0 Å². The van der Waals surface area contributed by atoms with E-state index in [1.807, 2.05) is 0 Å². The number of nitrogens with one attached hydrogen (secondary N) is 1. The van der Waals surface area contributed by atoms with Crippen LogP contribution >= 0.6 is 0 Å². The second kappa shape index (κ2) is 5.19. The van der Waals surface area contributed by atoms with Gasteiger partial charge in [-0.15, -0.1) is 0 Å². The third kappa shape index (κ3) is 2.69. The Hall–Kier alpha value is -1.86. The Kier molecular flexibility index (Phi) is 3.63. The molecule has 0 aromatic carbocycles. The molecule has 0 radical (unpaired) electrons. The van der Waals surface area contributed by atoms with Gasteiger partial charge < -0.3 is 11.1 Å². The summed E-state index contributed by atoms with van der Waals surface area (Å²) in [6, 6.07) is 3.55. The van der Waals surface area contributed by atoms with Gasteiger partial charge in [-0.2, -0.15) is 0 Å². The van der Waals surface area contributed by atoms with Gasteiger partial charge in [0.1, 0.15) is 5.69 Å². The molecule has 4 nitrogen and oxygen atoms in total. The largest absolute Gasteiger partial charge is 0.346 e. The Balaban J connectivity index is 2.19. The summed E-state index contributed by atoms with van der Waals surface area (Å²) >= 11 is 0. The Morgan fingerprint density at radius 1 is 1.61 bits per heavy atom. The van der Waals surface area contributed by atoms with Crippen molar-refractivity contribution in [3.05, 3.63) is 29.6 Å². The predicted octanol–water partition coefficient (Wildman–Crippen LogP) is 1.06. The van der Waals surface area contributed by atoms with Gasteiger partial charge in [0, 0.05) is 11.7 Å². The van der Waals surface area contributed by atoms with E-state index >= 15 is 0 Å². The van der Waals surface area contributed by atoms with Gasteiger partial charge in [-0.1, -0.05) is 11.8 Å². The molecule has 0 aliphatic heterocycles. The number of carbonyl (C=O) groups excluding carboxylic acids is 1. The average Bonchev–Trinajstić information content (AvgIpc) is 2.34. The van der Waals surface area contributed by atoms with Crippen LogP contribution in [0.4, 0.5) is 0 Å². The lowest BCUT2D eigenvalue weighted by molar-refractivity contribution is 0.0845. The molecule has 0 saturated heterocycles. The molecule has 0 atom stereocenters. The van der Waals surface area contributed by atoms with Gasteiger partial charge in [0.25, 0.3) is 5.91 Å². The molecule has 1 amide bonds. The highest BCUT2D eigenvalue weighted by Gasteiger charge is 2.33. The molecule has 18 heavy (non-hydrogen) atoms. The van der Waals surface area contributed by atoms with Crippen LogP contribution in [0.3, 0.4) is 0 Å². The average molecular weight is 243 g/mol. The van der Waals surface area contributed by atoms with Crippen molar-refractivity contribution in [2.75, 3.05) is 6.54 Å². The molecule has 1 heterocycles. The molecule has 1 fully saturated rings. The highest BCUT2D eigenvalue weighted by Crippen LogP contribution is 2.31. The molecule has 0 unspecified atom stereocenters. The van der Waals surface area contributed by atoms with E-state index in [0.717, 1.165) is 12.8 Å². The second-order valence-corrected chi connectivity index (χ2v) is 4.77. The fourth-order valence-electron chi connectivity index (χ4n) is 2.00. The molecule has 1 saturated carbocycles. The lowest BCUT2D eigenvalue weighted by Gasteiger charge is -2.39. The Labute approximate surface area is 107 Å². The summed E-state index contributed by atoms with van der Waals surface area (Å²) in [6.07, 6.45) is 4.81. The van der Waals surface area contributed by atoms with E-state index in [1.165, 1.54) is 6.42 Å². The lowest BCUT2D eigenvalue weighted by Crippen LogP contribution is -2.51. The van der Waals surface area contributed by atoms with Crippen molar-refractivity contribution >= 4 is 5.91 Å². The summed E-state index contributed by atoms with van der Waals surface area (Å²) in [5.41, 5.74) is 6.27. The molecule has 94 valence electrons. The van der Waals surface area contributed by atoms with E-state index in [2.05, 4.69) is 29.1 Å². The number of pyridine rings is 1. The van der Waals surface area contributed by atoms with Crippen molar-refractivity contribution < 1.29 is 4.79 Å². The van der Waals surface area contributed by atoms with Crippen LogP contribution < -0.4 is 11.1 Å². The van der Waals surface area contributed by atoms with E-state index in [1.54, 1.807) is 18.3 Å². The molecule has 3 N–H and O–H groups in total. The summed E-state index contributed by atoms with van der Waals surface area (Å²) in [4.78, 5) is 16.3. The van der Waals surface area contributed by atoms with Crippen molar-refractivity contribution in [2.24, 2.45) is 5.73 Å². The fourth-order valence-corrected chi connectivity index (χ4v) is 2.00. The molecule has 2 rings (SSSR count). The van der Waals surface area contributed by atoms with Crippen molar-refractivity contribution in [3.63, 3.8) is 0 Å². The zero-order valence-corrected chi connectivity index (χ0v) is 10.5. The summed E-state index contributed by atoms with van der Waals surface area (Å²) in [7, 11) is 0. The minimum atomic E-state index is -0.154. The van der Waals surface area contributed by atoms with E-state index < -0.39 is 0 Å². The minimum Gasteiger partial charge on any atom is -0.346 e. The number of carbonyl (C=O) groups is 1. The number of hydrogen-bond acceptors (Lipinski definition) is 3. The molecule has 0 bridgehead atoms. The molecule has 1 aromatic heterocycles. The maximum absolute atomic E-state index is 12.2. The standard InChI is InChI=1S/C14H17N3O/c1-14(7-4-8-14)17-13(18)12-11(5-2-9-15)6-3-10-16-12/h3,6,10H,4,7-9,15H2,1H3,(H,17,18). The Morgan fingerprint density at radius 2 is 2.39 bits per heavy atom. The third-order valence-electron chi connectivity index (χ3n) is 3.22. The van der Waals surface area contributed by atoms with Crippen LogP contribution in [-0.2, 0) is 0 Å². The van der Waals surface area contributed by atoms with Crippen molar-refractivity contribution in [1.29, 1.82) is 0 Å². The van der Waals surface area contributed by atoms with E-state index in [0.29, 0.717) is 11.3 Å². The summed E-state index contributed by atoms with van der Waals surface area (Å²) < 4.78 is 0. The molecular formula is C14H17N3O. The van der Waals surface area contributed by atoms with Crippen molar-refractivity contribution in [2.45, 2.75) is 31.7 Å². The van der Waals surface area contributed by atoms with Crippen LogP contribution in [0.1, 0.15) is 42.2 Å². The first-order valence-electron chi connectivity index (χ1n) is 6.11. The fraction of sp³-hybridized carbons (Fsp3) is 0.429. The number of amides is 1. The molecule has 0 spiro atoms. The van der Waals surface area contributed by atoms with Crippen LogP contribution in [0.2, 0.25) is 0 Å². The van der Waals surface area contributed by atoms with E-state index in [4.69, 9.17) is 5.73 Å². The highest BCUT2D eigenvalue weighted by atomic mass is 16.2. The number of aromatic nitrogens is 1. The maximum Gasteiger partial charge on any atom is 0.271 e. The van der Waals surface area contributed by atoms with Gasteiger partial charge in [-0.25, -0.2) is 4.98 Å². The molecule has 1 aliphatic rings. The second-order valence-electron chi connectivity index (χ2n) is 4.77. The summed E-state index contributed by atoms with van der Waals surface area (Å²) in [6.45, 7) is 2.33. The SMILES string of the molecule is CC1(NC(=O)c2ncccc2C#CCN)CCC1. The first-order chi connectivity index (χ1) is 8.64. The van der Waals surface area contributed by atoms with E-state index in [9.17, 15) is 4.79 Å². The van der Waals surface area contributed by atoms with Gasteiger partial charge in [0.05, 0.1) is 12.1 Å². The molecular weight excluding hydrogens is 226 g/mol. The first-order valence-corrected chi connectivity index (χ1v) is 6.11. The number of nitrogens with two attached hydrogens (primary N) is 1. The zero-order valence-electron chi connectivity index (χ0n) is 10.5. The third-order valence-corrected chi connectivity index (χ3v) is 3.22. The van der Waals surface area contributed by atoms with Crippen LogP contribution in [0.25, 0.3) is 0 Å². The van der Waals surface area contributed by atoms with Crippen molar-refractivity contribution in [1.82, 2.24) is 10.3 Å². The van der Waals surface area contributed by atoms with Gasteiger partial charge in [0.2, 0.25) is 0 Å². The highest BCUT2D eigenvalue weighted by molar-refractivity contribution is 5.95. The van der Waals surface area contributed by atoms with Gasteiger partial charge >= 0.3 is 0 Å². The molecule has 1 aliphatic carbocycles. The zero-order chi connectivity index (χ0) is 13.0. The normalized spacial score (nSPS) is 16.1. The summed E-state index contributed by atoms with van der Waals surface area (Å²) in [5, 5.41) is 3.03. The number of nitrogens with zero attached hydrogens (tertiary/aromatic N) is 1. The van der Waals surface area contributed by atoms with Crippen LogP contribution in [-0.4, -0.2) is 23.0 Å². The van der Waals surface area contributed by atoms with Gasteiger partial charge in [0.15, 0.2) is 0 Å². The van der Waals surface area contributed by atoms with Crippen LogP contribution in [0.5, 0.6) is 0 Å². The first kappa shape index (κ1) is 12.6.